The summed E-state index contributed by atoms with van der Waals surface area (Å²) in [5, 5.41) is 5.12. The van der Waals surface area contributed by atoms with Crippen LogP contribution in [0.15, 0.2) is 23.1 Å². The summed E-state index contributed by atoms with van der Waals surface area (Å²) in [5.41, 5.74) is 7.02. The van der Waals surface area contributed by atoms with Crippen molar-refractivity contribution in [2.75, 3.05) is 17.2 Å². The van der Waals surface area contributed by atoms with Crippen LogP contribution in [0.25, 0.3) is 0 Å². The maximum absolute atomic E-state index is 11.3. The third-order valence-electron chi connectivity index (χ3n) is 3.73. The molecule has 1 aliphatic heterocycles. The van der Waals surface area contributed by atoms with E-state index in [-0.39, 0.29) is 10.6 Å². The Labute approximate surface area is 114 Å². The molecule has 0 amide bonds. The molecule has 1 unspecified atom stereocenters. The number of anilines is 2. The Morgan fingerprint density at radius 3 is 2.68 bits per heavy atom. The molecule has 0 aliphatic carbocycles. The fourth-order valence-electron chi connectivity index (χ4n) is 2.74. The normalized spacial score (nSPS) is 20.5. The maximum atomic E-state index is 11.3. The van der Waals surface area contributed by atoms with Crippen LogP contribution in [0.4, 0.5) is 11.4 Å². The van der Waals surface area contributed by atoms with Crippen molar-refractivity contribution in [2.24, 2.45) is 5.14 Å². The molecule has 1 heterocycles. The molecule has 6 heteroatoms. The number of primary sulfonamides is 1. The SMILES string of the molecule is CCC1CCCCN1c1ccc(S(N)(=O)=O)c(N)c1. The van der Waals surface area contributed by atoms with Gasteiger partial charge in [-0.25, -0.2) is 13.6 Å². The molecule has 19 heavy (non-hydrogen) atoms. The van der Waals surface area contributed by atoms with Crippen molar-refractivity contribution in [1.82, 2.24) is 0 Å². The average Bonchev–Trinajstić information content (AvgIpc) is 2.37. The summed E-state index contributed by atoms with van der Waals surface area (Å²) in [5.74, 6) is 0. The van der Waals surface area contributed by atoms with Crippen LogP contribution < -0.4 is 15.8 Å². The summed E-state index contributed by atoms with van der Waals surface area (Å²) < 4.78 is 22.7. The smallest absolute Gasteiger partial charge is 0.240 e. The van der Waals surface area contributed by atoms with Crippen molar-refractivity contribution in [3.05, 3.63) is 18.2 Å². The van der Waals surface area contributed by atoms with Crippen LogP contribution in [-0.2, 0) is 10.0 Å². The fourth-order valence-corrected chi connectivity index (χ4v) is 3.38. The Morgan fingerprint density at radius 2 is 2.11 bits per heavy atom. The minimum Gasteiger partial charge on any atom is -0.398 e. The van der Waals surface area contributed by atoms with Gasteiger partial charge in [0.05, 0.1) is 5.69 Å². The van der Waals surface area contributed by atoms with Crippen LogP contribution in [0.5, 0.6) is 0 Å². The first-order valence-corrected chi connectivity index (χ1v) is 8.17. The third kappa shape index (κ3) is 3.01. The molecule has 106 valence electrons. The van der Waals surface area contributed by atoms with Gasteiger partial charge in [-0.05, 0) is 43.9 Å². The first-order valence-electron chi connectivity index (χ1n) is 6.62. The van der Waals surface area contributed by atoms with E-state index in [9.17, 15) is 8.42 Å². The molecule has 4 N–H and O–H groups in total. The molecule has 0 bridgehead atoms. The summed E-state index contributed by atoms with van der Waals surface area (Å²) in [6.45, 7) is 3.16. The number of hydrogen-bond donors (Lipinski definition) is 2. The topological polar surface area (TPSA) is 89.4 Å². The van der Waals surface area contributed by atoms with Gasteiger partial charge < -0.3 is 10.6 Å². The largest absolute Gasteiger partial charge is 0.398 e. The van der Waals surface area contributed by atoms with E-state index in [1.807, 2.05) is 0 Å². The Bertz CT molecular complexity index is 557. The van der Waals surface area contributed by atoms with Crippen molar-refractivity contribution in [1.29, 1.82) is 0 Å². The molecule has 1 saturated heterocycles. The van der Waals surface area contributed by atoms with Crippen molar-refractivity contribution in [3.8, 4) is 0 Å². The van der Waals surface area contributed by atoms with Crippen LogP contribution in [-0.4, -0.2) is 21.0 Å². The summed E-state index contributed by atoms with van der Waals surface area (Å²) in [6, 6.07) is 5.52. The van der Waals surface area contributed by atoms with Gasteiger partial charge in [0, 0.05) is 18.3 Å². The molecule has 0 radical (unpaired) electrons. The van der Waals surface area contributed by atoms with Gasteiger partial charge in [0.2, 0.25) is 10.0 Å². The molecule has 5 nitrogen and oxygen atoms in total. The second-order valence-electron chi connectivity index (χ2n) is 5.02. The lowest BCUT2D eigenvalue weighted by Gasteiger charge is -2.37. The number of benzene rings is 1. The molecule has 1 aliphatic rings. The molecule has 1 aromatic rings. The lowest BCUT2D eigenvalue weighted by Crippen LogP contribution is -2.39. The van der Waals surface area contributed by atoms with Gasteiger partial charge in [0.15, 0.2) is 0 Å². The molecule has 1 atom stereocenters. The number of nitrogen functional groups attached to an aromatic ring is 1. The molecule has 0 aromatic heterocycles. The van der Waals surface area contributed by atoms with Crippen molar-refractivity contribution < 1.29 is 8.42 Å². The van der Waals surface area contributed by atoms with Gasteiger partial charge >= 0.3 is 0 Å². The summed E-state index contributed by atoms with van der Waals surface area (Å²) in [6.07, 6.45) is 4.66. The van der Waals surface area contributed by atoms with Crippen LogP contribution in [0.2, 0.25) is 0 Å². The molecule has 0 saturated carbocycles. The number of nitrogens with zero attached hydrogens (tertiary/aromatic N) is 1. The lowest BCUT2D eigenvalue weighted by atomic mass is 9.99. The van der Waals surface area contributed by atoms with Crippen LogP contribution in [0.3, 0.4) is 0 Å². The second kappa shape index (κ2) is 5.38. The minimum absolute atomic E-state index is 0.00121. The van der Waals surface area contributed by atoms with E-state index in [0.717, 1.165) is 25.1 Å². The monoisotopic (exact) mass is 283 g/mol. The van der Waals surface area contributed by atoms with Gasteiger partial charge in [-0.1, -0.05) is 6.92 Å². The van der Waals surface area contributed by atoms with Gasteiger partial charge in [-0.15, -0.1) is 0 Å². The predicted molar refractivity (Wildman–Crippen MR) is 77.5 cm³/mol. The Balaban J connectivity index is 2.33. The molecule has 1 fully saturated rings. The maximum Gasteiger partial charge on any atom is 0.240 e. The number of rotatable bonds is 3. The molecule has 2 rings (SSSR count). The van der Waals surface area contributed by atoms with E-state index >= 15 is 0 Å². The molecule has 0 spiro atoms. The van der Waals surface area contributed by atoms with E-state index in [0.29, 0.717) is 6.04 Å². The molecule has 1 aromatic carbocycles. The van der Waals surface area contributed by atoms with Crippen LogP contribution >= 0.6 is 0 Å². The Morgan fingerprint density at radius 1 is 1.37 bits per heavy atom. The predicted octanol–water partition coefficient (Wildman–Crippen LogP) is 1.69. The lowest BCUT2D eigenvalue weighted by molar-refractivity contribution is 0.450. The van der Waals surface area contributed by atoms with E-state index in [2.05, 4.69) is 11.8 Å². The van der Waals surface area contributed by atoms with Gasteiger partial charge in [-0.3, -0.25) is 0 Å². The molecular weight excluding hydrogens is 262 g/mol. The quantitative estimate of drug-likeness (QED) is 0.826. The fraction of sp³-hybridized carbons (Fsp3) is 0.538. The summed E-state index contributed by atoms with van der Waals surface area (Å²) in [4.78, 5) is 2.31. The number of piperidine rings is 1. The van der Waals surface area contributed by atoms with Crippen molar-refractivity contribution in [3.63, 3.8) is 0 Å². The van der Waals surface area contributed by atoms with E-state index in [4.69, 9.17) is 10.9 Å². The highest BCUT2D eigenvalue weighted by atomic mass is 32.2. The summed E-state index contributed by atoms with van der Waals surface area (Å²) in [7, 11) is -3.74. The van der Waals surface area contributed by atoms with Crippen LogP contribution in [0, 0.1) is 0 Å². The zero-order valence-electron chi connectivity index (χ0n) is 11.2. The van der Waals surface area contributed by atoms with Crippen molar-refractivity contribution >= 4 is 21.4 Å². The zero-order chi connectivity index (χ0) is 14.0. The number of sulfonamides is 1. The zero-order valence-corrected chi connectivity index (χ0v) is 12.0. The van der Waals surface area contributed by atoms with Crippen molar-refractivity contribution in [2.45, 2.75) is 43.5 Å². The van der Waals surface area contributed by atoms with E-state index in [1.54, 1.807) is 12.1 Å². The Kier molecular flexibility index (Phi) is 4.01. The van der Waals surface area contributed by atoms with Gasteiger partial charge in [0.25, 0.3) is 0 Å². The van der Waals surface area contributed by atoms with Crippen LogP contribution in [0.1, 0.15) is 32.6 Å². The standard InChI is InChI=1S/C13H21N3O2S/c1-2-10-5-3-4-8-16(10)11-6-7-13(12(14)9-11)19(15,17)18/h6-7,9-10H,2-5,8,14H2,1H3,(H2,15,17,18). The summed E-state index contributed by atoms with van der Waals surface area (Å²) >= 11 is 0. The van der Waals surface area contributed by atoms with E-state index < -0.39 is 10.0 Å². The first-order chi connectivity index (χ1) is 8.93. The number of hydrogen-bond acceptors (Lipinski definition) is 4. The first kappa shape index (κ1) is 14.1. The molecular formula is C13H21N3O2S. The second-order valence-corrected chi connectivity index (χ2v) is 6.55. The minimum atomic E-state index is -3.74. The highest BCUT2D eigenvalue weighted by Gasteiger charge is 2.22. The third-order valence-corrected chi connectivity index (χ3v) is 4.71. The van der Waals surface area contributed by atoms with E-state index in [1.165, 1.54) is 18.9 Å². The highest BCUT2D eigenvalue weighted by molar-refractivity contribution is 7.89. The highest BCUT2D eigenvalue weighted by Crippen LogP contribution is 2.30. The Hall–Kier alpha value is -1.27. The van der Waals surface area contributed by atoms with Gasteiger partial charge in [0.1, 0.15) is 4.90 Å². The number of nitrogens with two attached hydrogens (primary N) is 2. The van der Waals surface area contributed by atoms with Gasteiger partial charge in [-0.2, -0.15) is 0 Å². The average molecular weight is 283 g/mol.